The van der Waals surface area contributed by atoms with Crippen LogP contribution in [0, 0.1) is 11.9 Å². The van der Waals surface area contributed by atoms with E-state index in [1.165, 1.54) is 0 Å². The number of anilines is 1. The molecule has 2 aromatic rings. The first-order valence-electron chi connectivity index (χ1n) is 4.84. The van der Waals surface area contributed by atoms with E-state index in [1.54, 1.807) is 30.3 Å². The number of nitrogens with zero attached hydrogens (tertiary/aromatic N) is 1. The largest absolute Gasteiger partial charge is 0.322 e. The van der Waals surface area contributed by atoms with Gasteiger partial charge in [-0.15, -0.1) is 0 Å². The van der Waals surface area contributed by atoms with Crippen LogP contribution in [0.1, 0.15) is 10.4 Å². The van der Waals surface area contributed by atoms with E-state index in [0.717, 1.165) is 12.1 Å². The summed E-state index contributed by atoms with van der Waals surface area (Å²) in [6.07, 6.45) is 0. The molecule has 0 aliphatic carbocycles. The number of amides is 1. The molecule has 1 aromatic carbocycles. The molecule has 0 aliphatic rings. The van der Waals surface area contributed by atoms with Crippen molar-refractivity contribution in [3.63, 3.8) is 0 Å². The predicted octanol–water partition coefficient (Wildman–Crippen LogP) is 2.61. The summed E-state index contributed by atoms with van der Waals surface area (Å²) >= 11 is 0. The number of carbonyl (C=O) groups excluding carboxylic acids is 1. The van der Waals surface area contributed by atoms with Gasteiger partial charge in [-0.3, -0.25) is 4.79 Å². The van der Waals surface area contributed by atoms with Gasteiger partial charge >= 0.3 is 0 Å². The van der Waals surface area contributed by atoms with Crippen LogP contribution in [-0.2, 0) is 0 Å². The van der Waals surface area contributed by atoms with Crippen LogP contribution in [0.25, 0.3) is 0 Å². The van der Waals surface area contributed by atoms with Crippen molar-refractivity contribution < 1.29 is 13.6 Å². The second kappa shape index (κ2) is 4.69. The molecule has 86 valence electrons. The van der Waals surface area contributed by atoms with Gasteiger partial charge in [0, 0.05) is 23.4 Å². The lowest BCUT2D eigenvalue weighted by Crippen LogP contribution is -2.13. The number of carbonyl (C=O) groups is 1. The molecule has 0 spiro atoms. The Morgan fingerprint density at radius 2 is 1.65 bits per heavy atom. The predicted molar refractivity (Wildman–Crippen MR) is 58.5 cm³/mol. The lowest BCUT2D eigenvalue weighted by Gasteiger charge is -2.04. The van der Waals surface area contributed by atoms with Crippen molar-refractivity contribution >= 4 is 11.6 Å². The van der Waals surface area contributed by atoms with Gasteiger partial charge in [0.1, 0.15) is 0 Å². The van der Waals surface area contributed by atoms with E-state index >= 15 is 0 Å². The average molecular weight is 234 g/mol. The molecule has 0 atom stereocenters. The molecule has 0 radical (unpaired) electrons. The van der Waals surface area contributed by atoms with Gasteiger partial charge < -0.3 is 5.32 Å². The Labute approximate surface area is 96.1 Å². The van der Waals surface area contributed by atoms with Crippen LogP contribution in [0.2, 0.25) is 0 Å². The van der Waals surface area contributed by atoms with E-state index < -0.39 is 17.8 Å². The highest BCUT2D eigenvalue weighted by atomic mass is 19.1. The lowest BCUT2D eigenvalue weighted by molar-refractivity contribution is 0.102. The minimum absolute atomic E-state index is 0.112. The summed E-state index contributed by atoms with van der Waals surface area (Å²) in [5, 5.41) is 2.51. The van der Waals surface area contributed by atoms with E-state index in [4.69, 9.17) is 0 Å². The Bertz CT molecular complexity index is 523. The van der Waals surface area contributed by atoms with Gasteiger partial charge in [-0.1, -0.05) is 18.2 Å². The number of para-hydroxylation sites is 1. The first-order chi connectivity index (χ1) is 8.15. The van der Waals surface area contributed by atoms with Gasteiger partial charge in [-0.05, 0) is 12.1 Å². The van der Waals surface area contributed by atoms with Crippen LogP contribution in [0.4, 0.5) is 14.5 Å². The zero-order valence-electron chi connectivity index (χ0n) is 8.65. The smallest absolute Gasteiger partial charge is 0.255 e. The SMILES string of the molecule is O=C(Nc1ccccc1)c1cc(F)nc(F)c1. The Hall–Kier alpha value is -2.30. The van der Waals surface area contributed by atoms with Crippen molar-refractivity contribution in [2.45, 2.75) is 0 Å². The molecule has 0 fully saturated rings. The summed E-state index contributed by atoms with van der Waals surface area (Å²) in [5.74, 6) is -2.64. The van der Waals surface area contributed by atoms with E-state index in [1.807, 2.05) is 0 Å². The second-order valence-electron chi connectivity index (χ2n) is 3.32. The van der Waals surface area contributed by atoms with Crippen molar-refractivity contribution in [2.75, 3.05) is 5.32 Å². The summed E-state index contributed by atoms with van der Waals surface area (Å²) in [6.45, 7) is 0. The van der Waals surface area contributed by atoms with Gasteiger partial charge in [0.05, 0.1) is 0 Å². The molecule has 17 heavy (non-hydrogen) atoms. The number of nitrogens with one attached hydrogen (secondary N) is 1. The highest BCUT2D eigenvalue weighted by molar-refractivity contribution is 6.04. The molecule has 5 heteroatoms. The molecule has 0 aliphatic heterocycles. The van der Waals surface area contributed by atoms with Crippen LogP contribution in [0.5, 0.6) is 0 Å². The molecule has 0 unspecified atom stereocenters. The van der Waals surface area contributed by atoms with Gasteiger partial charge in [-0.2, -0.15) is 13.8 Å². The topological polar surface area (TPSA) is 42.0 Å². The second-order valence-corrected chi connectivity index (χ2v) is 3.32. The van der Waals surface area contributed by atoms with E-state index in [-0.39, 0.29) is 5.56 Å². The third-order valence-electron chi connectivity index (χ3n) is 2.06. The average Bonchev–Trinajstić information content (AvgIpc) is 2.29. The molecule has 0 saturated heterocycles. The number of rotatable bonds is 2. The highest BCUT2D eigenvalue weighted by Crippen LogP contribution is 2.10. The van der Waals surface area contributed by atoms with Crippen LogP contribution < -0.4 is 5.32 Å². The zero-order chi connectivity index (χ0) is 12.3. The first-order valence-corrected chi connectivity index (χ1v) is 4.84. The van der Waals surface area contributed by atoms with Crippen LogP contribution >= 0.6 is 0 Å². The minimum atomic E-state index is -1.02. The maximum absolute atomic E-state index is 12.8. The quantitative estimate of drug-likeness (QED) is 0.811. The Kier molecular flexibility index (Phi) is 3.09. The summed E-state index contributed by atoms with van der Waals surface area (Å²) in [7, 11) is 0. The van der Waals surface area contributed by atoms with Crippen LogP contribution in [0.3, 0.4) is 0 Å². The molecule has 3 nitrogen and oxygen atoms in total. The number of halogens is 2. The molecule has 0 bridgehead atoms. The van der Waals surface area contributed by atoms with E-state index in [0.29, 0.717) is 5.69 Å². The van der Waals surface area contributed by atoms with Crippen molar-refractivity contribution in [2.24, 2.45) is 0 Å². The number of pyridine rings is 1. The molecule has 0 saturated carbocycles. The van der Waals surface area contributed by atoms with Crippen molar-refractivity contribution in [1.29, 1.82) is 0 Å². The van der Waals surface area contributed by atoms with E-state index in [9.17, 15) is 13.6 Å². The van der Waals surface area contributed by atoms with Crippen molar-refractivity contribution in [1.82, 2.24) is 4.98 Å². The highest BCUT2D eigenvalue weighted by Gasteiger charge is 2.10. The first kappa shape index (κ1) is 11.2. The summed E-state index contributed by atoms with van der Waals surface area (Å²) in [5.41, 5.74) is 0.439. The summed E-state index contributed by atoms with van der Waals surface area (Å²) < 4.78 is 25.6. The Morgan fingerprint density at radius 1 is 1.06 bits per heavy atom. The molecule has 2 rings (SSSR count). The summed E-state index contributed by atoms with van der Waals surface area (Å²) in [4.78, 5) is 14.6. The van der Waals surface area contributed by atoms with Gasteiger partial charge in [0.2, 0.25) is 11.9 Å². The molecular formula is C12H8F2N2O. The number of hydrogen-bond acceptors (Lipinski definition) is 2. The molecule has 1 aromatic heterocycles. The van der Waals surface area contributed by atoms with Gasteiger partial charge in [0.25, 0.3) is 5.91 Å². The lowest BCUT2D eigenvalue weighted by atomic mass is 10.2. The normalized spacial score (nSPS) is 10.0. The summed E-state index contributed by atoms with van der Waals surface area (Å²) in [6, 6.07) is 10.4. The van der Waals surface area contributed by atoms with Crippen molar-refractivity contribution in [3.05, 3.63) is 59.9 Å². The van der Waals surface area contributed by atoms with Crippen LogP contribution in [-0.4, -0.2) is 10.9 Å². The Balaban J connectivity index is 2.20. The zero-order valence-corrected chi connectivity index (χ0v) is 8.65. The number of hydrogen-bond donors (Lipinski definition) is 1. The third kappa shape index (κ3) is 2.84. The van der Waals surface area contributed by atoms with Crippen LogP contribution in [0.15, 0.2) is 42.5 Å². The van der Waals surface area contributed by atoms with E-state index in [2.05, 4.69) is 10.3 Å². The maximum Gasteiger partial charge on any atom is 0.255 e. The molecular weight excluding hydrogens is 226 g/mol. The monoisotopic (exact) mass is 234 g/mol. The fourth-order valence-corrected chi connectivity index (χ4v) is 1.32. The maximum atomic E-state index is 12.8. The van der Waals surface area contributed by atoms with Crippen molar-refractivity contribution in [3.8, 4) is 0 Å². The number of benzene rings is 1. The molecule has 1 amide bonds. The molecule has 1 heterocycles. The number of aromatic nitrogens is 1. The molecule has 1 N–H and O–H groups in total. The third-order valence-corrected chi connectivity index (χ3v) is 2.06. The van der Waals surface area contributed by atoms with Gasteiger partial charge in [-0.25, -0.2) is 0 Å². The standard InChI is InChI=1S/C12H8F2N2O/c13-10-6-8(7-11(14)16-10)12(17)15-9-4-2-1-3-5-9/h1-7H,(H,15,17). The van der Waals surface area contributed by atoms with Gasteiger partial charge in [0.15, 0.2) is 0 Å². The Morgan fingerprint density at radius 3 is 2.24 bits per heavy atom. The fourth-order valence-electron chi connectivity index (χ4n) is 1.32. The fraction of sp³-hybridized carbons (Fsp3) is 0. The minimum Gasteiger partial charge on any atom is -0.322 e.